The maximum atomic E-state index is 12.7. The number of hydrogen-bond acceptors (Lipinski definition) is 7. The van der Waals surface area contributed by atoms with E-state index in [9.17, 15) is 19.0 Å². The Bertz CT molecular complexity index is 1300. The van der Waals surface area contributed by atoms with Crippen LogP contribution in [0.4, 0.5) is 0 Å². The van der Waals surface area contributed by atoms with Gasteiger partial charge >= 0.3 is 19.8 Å². The van der Waals surface area contributed by atoms with Gasteiger partial charge < -0.3 is 18.9 Å². The molecule has 58 heavy (non-hydrogen) atoms. The second kappa shape index (κ2) is 39.4. The molecule has 10 heteroatoms. The highest BCUT2D eigenvalue weighted by molar-refractivity contribution is 7.47. The Labute approximate surface area is 353 Å². The molecule has 0 rings (SSSR count). The summed E-state index contributed by atoms with van der Waals surface area (Å²) in [5.41, 5.74) is 0. The number of phosphoric acid groups is 1. The van der Waals surface area contributed by atoms with E-state index in [0.717, 1.165) is 77.0 Å². The molecule has 0 aliphatic rings. The van der Waals surface area contributed by atoms with Gasteiger partial charge in [0.15, 0.2) is 6.10 Å². The maximum absolute atomic E-state index is 12.7. The highest BCUT2D eigenvalue weighted by Crippen LogP contribution is 2.43. The number of carbonyl (C=O) groups is 2. The maximum Gasteiger partial charge on any atom is 0.472 e. The Morgan fingerprint density at radius 3 is 1.50 bits per heavy atom. The van der Waals surface area contributed by atoms with E-state index >= 15 is 0 Å². The van der Waals surface area contributed by atoms with Crippen LogP contribution in [0.15, 0.2) is 97.2 Å². The van der Waals surface area contributed by atoms with Crippen molar-refractivity contribution < 1.29 is 42.1 Å². The standard InChI is InChI=1S/C48H80NO8P/c1-6-8-10-12-14-16-18-20-22-24-26-28-30-32-34-36-38-40-47(50)54-44-46(45-56-58(52,53)55-43-42-49(3,4)5)57-48(51)41-39-37-35-33-31-29-27-25-23-21-19-17-15-13-11-9-7-2/h8,10,14-17,20-23,26-29,32,34,46H,6-7,9,11-13,18-19,24-25,30-31,33,35-45H2,1-5H3/p+1/b10-8-,16-14-,17-15-,22-20-,23-21-,28-26-,29-27-,34-32-/t46-/m1/s1. The second-order valence-electron chi connectivity index (χ2n) is 15.3. The fraction of sp³-hybridized carbons (Fsp3) is 0.625. The Kier molecular flexibility index (Phi) is 37.3. The van der Waals surface area contributed by atoms with Crippen LogP contribution < -0.4 is 0 Å². The summed E-state index contributed by atoms with van der Waals surface area (Å²) in [6.45, 7) is 4.16. The second-order valence-corrected chi connectivity index (χ2v) is 16.8. The van der Waals surface area contributed by atoms with Gasteiger partial charge in [0, 0.05) is 12.8 Å². The summed E-state index contributed by atoms with van der Waals surface area (Å²) in [5, 5.41) is 0. The van der Waals surface area contributed by atoms with Gasteiger partial charge in [0.25, 0.3) is 0 Å². The summed E-state index contributed by atoms with van der Waals surface area (Å²) in [7, 11) is 1.41. The number of phosphoric ester groups is 1. The van der Waals surface area contributed by atoms with Crippen molar-refractivity contribution >= 4 is 19.8 Å². The topological polar surface area (TPSA) is 108 Å². The molecule has 0 heterocycles. The fourth-order valence-electron chi connectivity index (χ4n) is 5.17. The van der Waals surface area contributed by atoms with Gasteiger partial charge in [0.1, 0.15) is 19.8 Å². The van der Waals surface area contributed by atoms with Crippen LogP contribution in [0, 0.1) is 0 Å². The van der Waals surface area contributed by atoms with E-state index in [1.54, 1.807) is 0 Å². The lowest BCUT2D eigenvalue weighted by molar-refractivity contribution is -0.870. The number of hydrogen-bond donors (Lipinski definition) is 1. The Balaban J connectivity index is 4.53. The van der Waals surface area contributed by atoms with Crippen LogP contribution in [-0.2, 0) is 32.7 Å². The van der Waals surface area contributed by atoms with E-state index in [2.05, 4.69) is 105 Å². The number of esters is 2. The number of rotatable bonds is 38. The minimum absolute atomic E-state index is 0.0125. The Hall–Kier alpha value is -3.07. The number of carbonyl (C=O) groups excluding carboxylic acids is 2. The first-order valence-corrected chi connectivity index (χ1v) is 23.5. The van der Waals surface area contributed by atoms with Crippen LogP contribution in [0.1, 0.15) is 142 Å². The molecule has 0 saturated carbocycles. The first-order valence-electron chi connectivity index (χ1n) is 22.0. The minimum Gasteiger partial charge on any atom is -0.462 e. The quantitative estimate of drug-likeness (QED) is 0.0215. The molecule has 0 bridgehead atoms. The summed E-state index contributed by atoms with van der Waals surface area (Å²) in [4.78, 5) is 35.4. The third-order valence-corrected chi connectivity index (χ3v) is 9.58. The lowest BCUT2D eigenvalue weighted by Crippen LogP contribution is -2.37. The predicted octanol–water partition coefficient (Wildman–Crippen LogP) is 12.6. The van der Waals surface area contributed by atoms with Gasteiger partial charge in [-0.1, -0.05) is 137 Å². The molecule has 0 radical (unpaired) electrons. The molecule has 2 atom stereocenters. The average Bonchev–Trinajstić information content (AvgIpc) is 3.17. The zero-order chi connectivity index (χ0) is 42.8. The number of unbranched alkanes of at least 4 members (excludes halogenated alkanes) is 8. The number of quaternary nitrogens is 1. The van der Waals surface area contributed by atoms with Crippen molar-refractivity contribution in [3.05, 3.63) is 97.2 Å². The smallest absolute Gasteiger partial charge is 0.462 e. The van der Waals surface area contributed by atoms with Crippen LogP contribution in [0.3, 0.4) is 0 Å². The summed E-state index contributed by atoms with van der Waals surface area (Å²) in [5.74, 6) is -0.903. The lowest BCUT2D eigenvalue weighted by atomic mass is 10.1. The zero-order valence-electron chi connectivity index (χ0n) is 37.0. The van der Waals surface area contributed by atoms with Crippen molar-refractivity contribution in [2.75, 3.05) is 47.5 Å². The summed E-state index contributed by atoms with van der Waals surface area (Å²) in [6.07, 6.45) is 51.7. The third kappa shape index (κ3) is 42.5. The predicted molar refractivity (Wildman–Crippen MR) is 242 cm³/mol. The van der Waals surface area contributed by atoms with E-state index in [1.165, 1.54) is 25.7 Å². The molecule has 0 aromatic heterocycles. The SMILES string of the molecule is CC/C=C\C/C=C\C/C=C\C/C=C\C/C=C\CCCC(=O)OC[C@H](COP(=O)(O)OCC[N+](C)(C)C)OC(=O)CCCCCC/C=C\C/C=C\C/C=C\CCCCC. The molecule has 1 unspecified atom stereocenters. The van der Waals surface area contributed by atoms with Crippen molar-refractivity contribution in [2.24, 2.45) is 0 Å². The highest BCUT2D eigenvalue weighted by atomic mass is 31.2. The van der Waals surface area contributed by atoms with Crippen molar-refractivity contribution in [2.45, 2.75) is 148 Å². The number of allylic oxidation sites excluding steroid dienone is 16. The van der Waals surface area contributed by atoms with Crippen LogP contribution in [0.25, 0.3) is 0 Å². The molecular weight excluding hydrogens is 750 g/mol. The third-order valence-electron chi connectivity index (χ3n) is 8.60. The van der Waals surface area contributed by atoms with Crippen molar-refractivity contribution in [3.63, 3.8) is 0 Å². The molecule has 9 nitrogen and oxygen atoms in total. The highest BCUT2D eigenvalue weighted by Gasteiger charge is 2.27. The molecule has 1 N–H and O–H groups in total. The number of likely N-dealkylation sites (N-methyl/N-ethyl adjacent to an activating group) is 1. The molecule has 0 aliphatic heterocycles. The summed E-state index contributed by atoms with van der Waals surface area (Å²) < 4.78 is 34.2. The Morgan fingerprint density at radius 1 is 0.552 bits per heavy atom. The largest absolute Gasteiger partial charge is 0.472 e. The van der Waals surface area contributed by atoms with Crippen LogP contribution in [-0.4, -0.2) is 74.9 Å². The molecular formula is C48H81NO8P+. The Morgan fingerprint density at radius 2 is 1.00 bits per heavy atom. The number of nitrogens with zero attached hydrogens (tertiary/aromatic N) is 1. The lowest BCUT2D eigenvalue weighted by Gasteiger charge is -2.24. The summed E-state index contributed by atoms with van der Waals surface area (Å²) in [6, 6.07) is 0. The van der Waals surface area contributed by atoms with Crippen molar-refractivity contribution in [1.82, 2.24) is 0 Å². The molecule has 0 aromatic carbocycles. The van der Waals surface area contributed by atoms with Gasteiger partial charge in [0.05, 0.1) is 27.7 Å². The van der Waals surface area contributed by atoms with Gasteiger partial charge in [-0.25, -0.2) is 4.57 Å². The fourth-order valence-corrected chi connectivity index (χ4v) is 5.91. The van der Waals surface area contributed by atoms with Crippen LogP contribution in [0.2, 0.25) is 0 Å². The van der Waals surface area contributed by atoms with E-state index in [4.69, 9.17) is 18.5 Å². The molecule has 0 spiro atoms. The van der Waals surface area contributed by atoms with E-state index in [0.29, 0.717) is 23.9 Å². The first kappa shape index (κ1) is 54.9. The van der Waals surface area contributed by atoms with Gasteiger partial charge in [-0.3, -0.25) is 18.6 Å². The van der Waals surface area contributed by atoms with Gasteiger partial charge in [-0.05, 0) is 89.9 Å². The molecule has 0 amide bonds. The van der Waals surface area contributed by atoms with Crippen LogP contribution >= 0.6 is 7.82 Å². The van der Waals surface area contributed by atoms with E-state index in [1.807, 2.05) is 27.2 Å². The molecule has 0 aromatic rings. The minimum atomic E-state index is -4.40. The first-order chi connectivity index (χ1) is 28.0. The average molecular weight is 831 g/mol. The van der Waals surface area contributed by atoms with Crippen LogP contribution in [0.5, 0.6) is 0 Å². The molecule has 0 fully saturated rings. The molecule has 330 valence electrons. The number of ether oxygens (including phenoxy) is 2. The van der Waals surface area contributed by atoms with Crippen molar-refractivity contribution in [1.29, 1.82) is 0 Å². The monoisotopic (exact) mass is 831 g/mol. The van der Waals surface area contributed by atoms with Gasteiger partial charge in [0.2, 0.25) is 0 Å². The van der Waals surface area contributed by atoms with Crippen molar-refractivity contribution in [3.8, 4) is 0 Å². The van der Waals surface area contributed by atoms with Gasteiger partial charge in [-0.15, -0.1) is 0 Å². The zero-order valence-corrected chi connectivity index (χ0v) is 37.9. The van der Waals surface area contributed by atoms with Gasteiger partial charge in [-0.2, -0.15) is 0 Å². The molecule has 0 saturated heterocycles. The summed E-state index contributed by atoms with van der Waals surface area (Å²) >= 11 is 0. The van der Waals surface area contributed by atoms with E-state index in [-0.39, 0.29) is 26.1 Å². The molecule has 0 aliphatic carbocycles. The van der Waals surface area contributed by atoms with E-state index < -0.39 is 32.5 Å². The normalized spacial score (nSPS) is 14.5.